The van der Waals surface area contributed by atoms with Crippen molar-refractivity contribution in [1.82, 2.24) is 0 Å². The van der Waals surface area contributed by atoms with Gasteiger partial charge in [-0.1, -0.05) is 38.1 Å². The molecule has 0 amide bonds. The molecule has 0 aliphatic heterocycles. The molecular weight excluding hydrogens is 316 g/mol. The van der Waals surface area contributed by atoms with Gasteiger partial charge < -0.3 is 9.47 Å². The number of carbonyl (C=O) groups is 2. The van der Waals surface area contributed by atoms with Gasteiger partial charge in [0.25, 0.3) is 0 Å². The molecule has 2 aliphatic carbocycles. The van der Waals surface area contributed by atoms with E-state index in [4.69, 9.17) is 9.47 Å². The smallest absolute Gasteiger partial charge is 0.308 e. The minimum absolute atomic E-state index is 0.323. The first-order valence-corrected chi connectivity index (χ1v) is 8.85. The van der Waals surface area contributed by atoms with E-state index in [0.717, 1.165) is 28.3 Å². The molecule has 0 radical (unpaired) electrons. The summed E-state index contributed by atoms with van der Waals surface area (Å²) in [7, 11) is 0. The van der Waals surface area contributed by atoms with E-state index in [-0.39, 0.29) is 11.9 Å². The van der Waals surface area contributed by atoms with Gasteiger partial charge in [0.1, 0.15) is 11.5 Å². The summed E-state index contributed by atoms with van der Waals surface area (Å²) < 4.78 is 11.4. The summed E-state index contributed by atoms with van der Waals surface area (Å²) in [6.07, 6.45) is 1.02. The molecule has 4 atom stereocenters. The zero-order valence-electron chi connectivity index (χ0n) is 15.0. The van der Waals surface area contributed by atoms with Crippen LogP contribution >= 0.6 is 0 Å². The molecule has 25 heavy (non-hydrogen) atoms. The number of carbonyl (C=O) groups excluding carboxylic acids is 2. The molecule has 0 heterocycles. The summed E-state index contributed by atoms with van der Waals surface area (Å²) in [4.78, 5) is 23.5. The Morgan fingerprint density at radius 2 is 1.24 bits per heavy atom. The summed E-state index contributed by atoms with van der Waals surface area (Å²) in [5.74, 6) is 2.36. The number of fused-ring (bicyclic) bond motifs is 6. The predicted molar refractivity (Wildman–Crippen MR) is 95.0 cm³/mol. The SMILES string of the molecule is CC(=O)Oc1c2c(c(OC(C)=O)c3ccccc13)[C@@H]1C[C@H]2C(C)C1C. The molecular formula is C21H22O4. The average Bonchev–Trinajstić information content (AvgIpc) is 3.07. The van der Waals surface area contributed by atoms with E-state index in [9.17, 15) is 9.59 Å². The van der Waals surface area contributed by atoms with E-state index >= 15 is 0 Å². The number of hydrogen-bond acceptors (Lipinski definition) is 4. The molecule has 4 nitrogen and oxygen atoms in total. The third-order valence-corrected chi connectivity index (χ3v) is 6.04. The quantitative estimate of drug-likeness (QED) is 0.595. The molecule has 1 saturated carbocycles. The molecule has 2 aromatic rings. The minimum atomic E-state index is -0.323. The van der Waals surface area contributed by atoms with Gasteiger partial charge in [-0.2, -0.15) is 0 Å². The zero-order chi connectivity index (χ0) is 17.9. The summed E-state index contributed by atoms with van der Waals surface area (Å²) in [5, 5.41) is 1.67. The fourth-order valence-electron chi connectivity index (χ4n) is 4.85. The third kappa shape index (κ3) is 2.27. The van der Waals surface area contributed by atoms with Crippen molar-refractivity contribution in [2.75, 3.05) is 0 Å². The molecule has 0 aromatic heterocycles. The maximum atomic E-state index is 11.8. The van der Waals surface area contributed by atoms with E-state index < -0.39 is 0 Å². The van der Waals surface area contributed by atoms with Gasteiger partial charge in [-0.05, 0) is 30.1 Å². The fourth-order valence-corrected chi connectivity index (χ4v) is 4.85. The third-order valence-electron chi connectivity index (χ3n) is 6.04. The molecule has 1 fully saturated rings. The maximum Gasteiger partial charge on any atom is 0.308 e. The van der Waals surface area contributed by atoms with Crippen molar-refractivity contribution >= 4 is 22.7 Å². The first kappa shape index (κ1) is 16.1. The summed E-state index contributed by atoms with van der Waals surface area (Å²) in [6, 6.07) is 7.69. The number of rotatable bonds is 2. The van der Waals surface area contributed by atoms with Crippen LogP contribution < -0.4 is 9.47 Å². The first-order valence-electron chi connectivity index (χ1n) is 8.85. The Balaban J connectivity index is 2.09. The fraction of sp³-hybridized carbons (Fsp3) is 0.429. The van der Waals surface area contributed by atoms with Crippen LogP contribution in [0.15, 0.2) is 24.3 Å². The topological polar surface area (TPSA) is 52.6 Å². The molecule has 2 aromatic carbocycles. The lowest BCUT2D eigenvalue weighted by molar-refractivity contribution is -0.133. The van der Waals surface area contributed by atoms with Crippen LogP contribution in [0.5, 0.6) is 11.5 Å². The Labute approximate surface area is 147 Å². The summed E-state index contributed by atoms with van der Waals surface area (Å²) in [5.41, 5.74) is 2.14. The van der Waals surface area contributed by atoms with E-state index in [1.54, 1.807) is 0 Å². The van der Waals surface area contributed by atoms with E-state index in [1.807, 2.05) is 24.3 Å². The van der Waals surface area contributed by atoms with Gasteiger partial charge in [0, 0.05) is 35.7 Å². The van der Waals surface area contributed by atoms with Crippen molar-refractivity contribution < 1.29 is 19.1 Å². The molecule has 0 N–H and O–H groups in total. The van der Waals surface area contributed by atoms with Crippen LogP contribution in [0.3, 0.4) is 0 Å². The number of ether oxygens (including phenoxy) is 2. The highest BCUT2D eigenvalue weighted by atomic mass is 16.5. The van der Waals surface area contributed by atoms with Gasteiger partial charge in [-0.3, -0.25) is 9.59 Å². The largest absolute Gasteiger partial charge is 0.426 e. The molecule has 0 saturated heterocycles. The zero-order valence-corrected chi connectivity index (χ0v) is 15.0. The number of hydrogen-bond donors (Lipinski definition) is 0. The van der Waals surface area contributed by atoms with Gasteiger partial charge in [-0.25, -0.2) is 0 Å². The highest BCUT2D eigenvalue weighted by Crippen LogP contribution is 2.65. The van der Waals surface area contributed by atoms with Crippen molar-refractivity contribution in [3.05, 3.63) is 35.4 Å². The second-order valence-corrected chi connectivity index (χ2v) is 7.39. The lowest BCUT2D eigenvalue weighted by Crippen LogP contribution is -2.20. The standard InChI is InChI=1S/C21H22O4/c1-10-11(2)17-9-16(10)18-19(17)21(25-13(4)23)15-8-6-5-7-14(15)20(18)24-12(3)22/h5-8,10-11,16-17H,9H2,1-4H3/t10?,11?,16-,17+. The monoisotopic (exact) mass is 338 g/mol. The Kier molecular flexibility index (Phi) is 3.60. The highest BCUT2D eigenvalue weighted by molar-refractivity contribution is 5.99. The van der Waals surface area contributed by atoms with Gasteiger partial charge in [0.2, 0.25) is 0 Å². The van der Waals surface area contributed by atoms with Crippen LogP contribution in [0, 0.1) is 11.8 Å². The average molecular weight is 338 g/mol. The van der Waals surface area contributed by atoms with Gasteiger partial charge in [0.15, 0.2) is 0 Å². The van der Waals surface area contributed by atoms with E-state index in [0.29, 0.717) is 35.2 Å². The van der Waals surface area contributed by atoms with Crippen molar-refractivity contribution in [3.63, 3.8) is 0 Å². The van der Waals surface area contributed by atoms with Crippen LogP contribution in [0.2, 0.25) is 0 Å². The van der Waals surface area contributed by atoms with Crippen molar-refractivity contribution in [2.45, 2.75) is 46.0 Å². The van der Waals surface area contributed by atoms with Crippen LogP contribution in [0.25, 0.3) is 10.8 Å². The molecule has 2 bridgehead atoms. The summed E-state index contributed by atoms with van der Waals surface area (Å²) in [6.45, 7) is 7.38. The van der Waals surface area contributed by atoms with Crippen LogP contribution in [0.4, 0.5) is 0 Å². The number of esters is 2. The minimum Gasteiger partial charge on any atom is -0.426 e. The molecule has 2 aliphatic rings. The Morgan fingerprint density at radius 3 is 1.60 bits per heavy atom. The molecule has 2 unspecified atom stereocenters. The predicted octanol–water partition coefficient (Wildman–Crippen LogP) is 4.55. The van der Waals surface area contributed by atoms with Crippen LogP contribution in [-0.4, -0.2) is 11.9 Å². The second kappa shape index (κ2) is 5.58. The maximum absolute atomic E-state index is 11.8. The van der Waals surface area contributed by atoms with Crippen molar-refractivity contribution in [1.29, 1.82) is 0 Å². The Bertz CT molecular complexity index is 826. The Hall–Kier alpha value is -2.36. The molecule has 4 heteroatoms. The van der Waals surface area contributed by atoms with Crippen molar-refractivity contribution in [2.24, 2.45) is 11.8 Å². The molecule has 130 valence electrons. The summed E-state index contributed by atoms with van der Waals surface area (Å²) >= 11 is 0. The highest BCUT2D eigenvalue weighted by Gasteiger charge is 2.50. The number of benzene rings is 2. The van der Waals surface area contributed by atoms with Crippen LogP contribution in [0.1, 0.15) is 57.1 Å². The Morgan fingerprint density at radius 1 is 0.840 bits per heavy atom. The normalized spacial score (nSPS) is 26.6. The first-order chi connectivity index (χ1) is 11.9. The molecule has 4 rings (SSSR count). The van der Waals surface area contributed by atoms with Gasteiger partial charge >= 0.3 is 11.9 Å². The van der Waals surface area contributed by atoms with Crippen molar-refractivity contribution in [3.8, 4) is 11.5 Å². The second-order valence-electron chi connectivity index (χ2n) is 7.39. The molecule has 0 spiro atoms. The van der Waals surface area contributed by atoms with Gasteiger partial charge in [0.05, 0.1) is 0 Å². The van der Waals surface area contributed by atoms with Crippen LogP contribution in [-0.2, 0) is 9.59 Å². The lowest BCUT2D eigenvalue weighted by atomic mass is 9.76. The van der Waals surface area contributed by atoms with E-state index in [1.165, 1.54) is 13.8 Å². The van der Waals surface area contributed by atoms with E-state index in [2.05, 4.69) is 13.8 Å². The lowest BCUT2D eigenvalue weighted by Gasteiger charge is -2.31. The van der Waals surface area contributed by atoms with Gasteiger partial charge in [-0.15, -0.1) is 0 Å².